The number of Topliss-reactive ketones (excluding diaryl/α,β-unsaturated/α-hetero) is 1. The van der Waals surface area contributed by atoms with Crippen LogP contribution >= 0.6 is 11.6 Å². The van der Waals surface area contributed by atoms with Crippen LogP contribution in [0.4, 0.5) is 0 Å². The summed E-state index contributed by atoms with van der Waals surface area (Å²) in [6.07, 6.45) is 3.98. The monoisotopic (exact) mass is 518 g/mol. The van der Waals surface area contributed by atoms with Crippen LogP contribution < -0.4 is 0 Å². The van der Waals surface area contributed by atoms with Crippen LogP contribution in [0.2, 0.25) is 5.02 Å². The number of fused-ring (bicyclic) bond motifs is 2. The summed E-state index contributed by atoms with van der Waals surface area (Å²) in [5.41, 5.74) is 4.91. The van der Waals surface area contributed by atoms with Crippen molar-refractivity contribution < 1.29 is 13.2 Å². The van der Waals surface area contributed by atoms with Crippen LogP contribution in [0, 0.1) is 6.92 Å². The van der Waals surface area contributed by atoms with Gasteiger partial charge in [0.15, 0.2) is 15.6 Å². The fourth-order valence-electron chi connectivity index (χ4n) is 4.31. The second kappa shape index (κ2) is 9.44. The van der Waals surface area contributed by atoms with E-state index in [2.05, 4.69) is 20.2 Å². The van der Waals surface area contributed by atoms with Crippen LogP contribution in [-0.2, 0) is 22.7 Å². The number of sulfone groups is 1. The fraction of sp³-hybridized carbons (Fsp3) is 0.185. The number of halogens is 1. The predicted molar refractivity (Wildman–Crippen MR) is 140 cm³/mol. The largest absolute Gasteiger partial charge is 0.294 e. The molecule has 36 heavy (non-hydrogen) atoms. The first-order valence-corrected chi connectivity index (χ1v) is 13.7. The quantitative estimate of drug-likeness (QED) is 0.294. The SMILES string of the molecule is Cc1ccc2cc(Cc3cc(C(=O)CCc4[nH]nc5ccc(Cl)cc45)ccn3)cc(S(C)(=O)=O)c2n1. The molecule has 5 rings (SSSR count). The maximum absolute atomic E-state index is 13.0. The molecule has 3 aromatic heterocycles. The van der Waals surface area contributed by atoms with Crippen molar-refractivity contribution in [1.29, 1.82) is 0 Å². The number of rotatable bonds is 7. The molecule has 0 bridgehead atoms. The maximum Gasteiger partial charge on any atom is 0.177 e. The molecule has 0 saturated carbocycles. The van der Waals surface area contributed by atoms with Crippen LogP contribution in [0.1, 0.15) is 39.4 Å². The summed E-state index contributed by atoms with van der Waals surface area (Å²) in [7, 11) is -3.48. The molecule has 0 amide bonds. The minimum absolute atomic E-state index is 0.0153. The van der Waals surface area contributed by atoms with Gasteiger partial charge in [0, 0.05) is 63.7 Å². The standard InChI is InChI=1S/C27H23ClN4O3S/c1-16-3-4-19-11-17(13-26(27(19)30-16)36(2,34)35)12-21-14-18(9-10-29-21)25(33)8-7-24-22-15-20(28)5-6-23(22)31-32-24/h3-6,9-11,13-15H,7-8,12H2,1-2H3,(H,31,32). The molecule has 0 atom stereocenters. The highest BCUT2D eigenvalue weighted by atomic mass is 35.5. The van der Waals surface area contributed by atoms with Crippen molar-refractivity contribution in [1.82, 2.24) is 20.2 Å². The van der Waals surface area contributed by atoms with Crippen LogP contribution in [0.3, 0.4) is 0 Å². The van der Waals surface area contributed by atoms with E-state index >= 15 is 0 Å². The zero-order valence-corrected chi connectivity index (χ0v) is 21.3. The first-order valence-electron chi connectivity index (χ1n) is 11.4. The Bertz CT molecular complexity index is 1750. The molecule has 0 unspecified atom stereocenters. The molecule has 0 saturated heterocycles. The average Bonchev–Trinajstić information content (AvgIpc) is 3.23. The number of nitrogens with one attached hydrogen (secondary N) is 1. The molecular weight excluding hydrogens is 496 g/mol. The van der Waals surface area contributed by atoms with Gasteiger partial charge < -0.3 is 0 Å². The Morgan fingerprint density at radius 3 is 2.69 bits per heavy atom. The van der Waals surface area contributed by atoms with E-state index in [1.807, 2.05) is 37.3 Å². The molecule has 0 aliphatic carbocycles. The zero-order chi connectivity index (χ0) is 25.4. The fourth-order valence-corrected chi connectivity index (χ4v) is 5.36. The Hall–Kier alpha value is -3.62. The lowest BCUT2D eigenvalue weighted by Gasteiger charge is -2.10. The minimum atomic E-state index is -3.48. The maximum atomic E-state index is 13.0. The highest BCUT2D eigenvalue weighted by Crippen LogP contribution is 2.26. The number of carbonyl (C=O) groups is 1. The molecule has 7 nitrogen and oxygen atoms in total. The van der Waals surface area contributed by atoms with Crippen molar-refractivity contribution in [3.05, 3.63) is 94.0 Å². The molecule has 0 aliphatic rings. The molecule has 9 heteroatoms. The third kappa shape index (κ3) is 5.01. The van der Waals surface area contributed by atoms with Crippen molar-refractivity contribution in [3.63, 3.8) is 0 Å². The molecule has 0 radical (unpaired) electrons. The molecule has 0 spiro atoms. The number of hydrogen-bond acceptors (Lipinski definition) is 6. The van der Waals surface area contributed by atoms with Gasteiger partial charge in [-0.15, -0.1) is 0 Å². The summed E-state index contributed by atoms with van der Waals surface area (Å²) in [6, 6.07) is 16.2. The summed E-state index contributed by atoms with van der Waals surface area (Å²) >= 11 is 6.11. The van der Waals surface area contributed by atoms with E-state index in [1.54, 1.807) is 30.5 Å². The molecular formula is C27H23ClN4O3S. The lowest BCUT2D eigenvalue weighted by Crippen LogP contribution is -2.05. The van der Waals surface area contributed by atoms with Gasteiger partial charge in [0.05, 0.1) is 15.9 Å². The molecule has 1 N–H and O–H groups in total. The van der Waals surface area contributed by atoms with E-state index in [0.717, 1.165) is 33.2 Å². The van der Waals surface area contributed by atoms with Gasteiger partial charge in [0.2, 0.25) is 0 Å². The molecule has 0 aliphatic heterocycles. The number of ketones is 1. The zero-order valence-electron chi connectivity index (χ0n) is 19.7. The Morgan fingerprint density at radius 1 is 1.06 bits per heavy atom. The summed E-state index contributed by atoms with van der Waals surface area (Å²) < 4.78 is 24.9. The molecule has 3 heterocycles. The number of aromatic amines is 1. The summed E-state index contributed by atoms with van der Waals surface area (Å²) in [4.78, 5) is 22.0. The van der Waals surface area contributed by atoms with Crippen molar-refractivity contribution in [3.8, 4) is 0 Å². The van der Waals surface area contributed by atoms with E-state index in [0.29, 0.717) is 41.1 Å². The smallest absolute Gasteiger partial charge is 0.177 e. The van der Waals surface area contributed by atoms with Gasteiger partial charge in [-0.25, -0.2) is 8.42 Å². The Kier molecular flexibility index (Phi) is 6.32. The predicted octanol–water partition coefficient (Wildman–Crippen LogP) is 5.28. The van der Waals surface area contributed by atoms with E-state index in [4.69, 9.17) is 11.6 Å². The number of carbonyl (C=O) groups excluding carboxylic acids is 1. The van der Waals surface area contributed by atoms with Gasteiger partial charge >= 0.3 is 0 Å². The topological polar surface area (TPSA) is 106 Å². The molecule has 2 aromatic carbocycles. The van der Waals surface area contributed by atoms with E-state index < -0.39 is 9.84 Å². The Labute approximate surface area is 213 Å². The third-order valence-corrected chi connectivity index (χ3v) is 7.42. The third-order valence-electron chi connectivity index (χ3n) is 6.08. The number of nitrogens with zero attached hydrogens (tertiary/aromatic N) is 3. The van der Waals surface area contributed by atoms with Gasteiger partial charge in [-0.05, 0) is 67.4 Å². The summed E-state index contributed by atoms with van der Waals surface area (Å²) in [5, 5.41) is 9.55. The van der Waals surface area contributed by atoms with Crippen LogP contribution in [0.25, 0.3) is 21.8 Å². The highest BCUT2D eigenvalue weighted by Gasteiger charge is 2.16. The van der Waals surface area contributed by atoms with Gasteiger partial charge in [0.1, 0.15) is 0 Å². The number of benzene rings is 2. The van der Waals surface area contributed by atoms with Gasteiger partial charge in [-0.2, -0.15) is 5.10 Å². The van der Waals surface area contributed by atoms with E-state index in [-0.39, 0.29) is 10.7 Å². The van der Waals surface area contributed by atoms with Crippen molar-refractivity contribution in [2.24, 2.45) is 0 Å². The first kappa shape index (κ1) is 24.1. The number of pyridine rings is 2. The second-order valence-electron chi connectivity index (χ2n) is 8.89. The lowest BCUT2D eigenvalue weighted by molar-refractivity contribution is 0.0982. The van der Waals surface area contributed by atoms with Crippen LogP contribution in [-0.4, -0.2) is 40.6 Å². The van der Waals surface area contributed by atoms with E-state index in [9.17, 15) is 13.2 Å². The van der Waals surface area contributed by atoms with Gasteiger partial charge in [-0.3, -0.25) is 19.9 Å². The Morgan fingerprint density at radius 2 is 1.89 bits per heavy atom. The molecule has 182 valence electrons. The average molecular weight is 519 g/mol. The van der Waals surface area contributed by atoms with Crippen LogP contribution in [0.5, 0.6) is 0 Å². The first-order chi connectivity index (χ1) is 17.2. The second-order valence-corrected chi connectivity index (χ2v) is 11.3. The summed E-state index contributed by atoms with van der Waals surface area (Å²) in [6.45, 7) is 1.83. The molecule has 5 aromatic rings. The minimum Gasteiger partial charge on any atom is -0.294 e. The number of aromatic nitrogens is 4. The Balaban J connectivity index is 1.38. The van der Waals surface area contributed by atoms with Crippen LogP contribution in [0.15, 0.2) is 65.7 Å². The number of H-pyrrole nitrogens is 1. The normalized spacial score (nSPS) is 11.9. The lowest BCUT2D eigenvalue weighted by atomic mass is 10.0. The molecule has 0 fully saturated rings. The number of hydrogen-bond donors (Lipinski definition) is 1. The van der Waals surface area contributed by atoms with Gasteiger partial charge in [0.25, 0.3) is 0 Å². The van der Waals surface area contributed by atoms with Crippen molar-refractivity contribution in [2.45, 2.75) is 31.1 Å². The highest BCUT2D eigenvalue weighted by molar-refractivity contribution is 7.91. The van der Waals surface area contributed by atoms with Crippen molar-refractivity contribution >= 4 is 49.0 Å². The van der Waals surface area contributed by atoms with Crippen molar-refractivity contribution in [2.75, 3.05) is 6.26 Å². The number of aryl methyl sites for hydroxylation is 2. The summed E-state index contributed by atoms with van der Waals surface area (Å²) in [5.74, 6) is -0.0153. The van der Waals surface area contributed by atoms with E-state index in [1.165, 1.54) is 6.26 Å². The van der Waals surface area contributed by atoms with Gasteiger partial charge in [-0.1, -0.05) is 17.7 Å².